The van der Waals surface area contributed by atoms with Gasteiger partial charge in [0.15, 0.2) is 5.82 Å². The third kappa shape index (κ3) is 3.12. The van der Waals surface area contributed by atoms with Crippen molar-refractivity contribution in [1.82, 2.24) is 24.8 Å². The molecular formula is C16H25N5O3. The quantitative estimate of drug-likeness (QED) is 0.795. The van der Waals surface area contributed by atoms with E-state index < -0.39 is 0 Å². The zero-order valence-corrected chi connectivity index (χ0v) is 14.3. The lowest BCUT2D eigenvalue weighted by Gasteiger charge is -2.32. The van der Waals surface area contributed by atoms with E-state index in [2.05, 4.69) is 22.1 Å². The first-order valence-electron chi connectivity index (χ1n) is 8.71. The SMILES string of the molecule is Cc1nc(CN(C)CC2[C@H]3CN(C(=O)N4CCOCC4)C[C@@H]23)no1. The minimum atomic E-state index is 0.194. The predicted molar refractivity (Wildman–Crippen MR) is 85.2 cm³/mol. The number of nitrogens with zero attached hydrogens (tertiary/aromatic N) is 5. The predicted octanol–water partition coefficient (Wildman–Crippen LogP) is 0.440. The summed E-state index contributed by atoms with van der Waals surface area (Å²) in [6.45, 7) is 8.13. The molecular weight excluding hydrogens is 310 g/mol. The van der Waals surface area contributed by atoms with Crippen LogP contribution in [0.4, 0.5) is 4.79 Å². The maximum absolute atomic E-state index is 12.5. The topological polar surface area (TPSA) is 74.9 Å². The van der Waals surface area contributed by atoms with E-state index in [4.69, 9.17) is 9.26 Å². The van der Waals surface area contributed by atoms with Gasteiger partial charge >= 0.3 is 6.03 Å². The number of morpholine rings is 1. The summed E-state index contributed by atoms with van der Waals surface area (Å²) in [5.41, 5.74) is 0. The molecule has 2 saturated heterocycles. The van der Waals surface area contributed by atoms with Crippen LogP contribution in [0.5, 0.6) is 0 Å². The van der Waals surface area contributed by atoms with Crippen LogP contribution in [-0.2, 0) is 11.3 Å². The van der Waals surface area contributed by atoms with Crippen molar-refractivity contribution >= 4 is 6.03 Å². The molecule has 3 fully saturated rings. The molecule has 0 spiro atoms. The van der Waals surface area contributed by atoms with Gasteiger partial charge in [0.05, 0.1) is 19.8 Å². The lowest BCUT2D eigenvalue weighted by atomic mass is 10.2. The van der Waals surface area contributed by atoms with Crippen LogP contribution in [0.25, 0.3) is 0 Å². The number of hydrogen-bond donors (Lipinski definition) is 0. The van der Waals surface area contributed by atoms with Gasteiger partial charge in [-0.25, -0.2) is 4.79 Å². The van der Waals surface area contributed by atoms with E-state index in [1.165, 1.54) is 0 Å². The molecule has 0 radical (unpaired) electrons. The van der Waals surface area contributed by atoms with E-state index in [0.29, 0.717) is 43.4 Å². The van der Waals surface area contributed by atoms with Gasteiger partial charge in [0.2, 0.25) is 5.89 Å². The van der Waals surface area contributed by atoms with Gasteiger partial charge in [0.1, 0.15) is 0 Å². The smallest absolute Gasteiger partial charge is 0.320 e. The van der Waals surface area contributed by atoms with Crippen LogP contribution in [0, 0.1) is 24.7 Å². The molecule has 3 heterocycles. The molecule has 1 aromatic heterocycles. The second-order valence-corrected chi connectivity index (χ2v) is 7.20. The van der Waals surface area contributed by atoms with E-state index >= 15 is 0 Å². The number of urea groups is 1. The third-order valence-corrected chi connectivity index (χ3v) is 5.43. The number of hydrogen-bond acceptors (Lipinski definition) is 6. The van der Waals surface area contributed by atoms with Gasteiger partial charge in [-0.3, -0.25) is 4.90 Å². The molecule has 3 atom stereocenters. The zero-order valence-electron chi connectivity index (χ0n) is 14.3. The Balaban J connectivity index is 1.22. The summed E-state index contributed by atoms with van der Waals surface area (Å²) in [6.07, 6.45) is 0. The van der Waals surface area contributed by atoms with Gasteiger partial charge in [-0.2, -0.15) is 4.98 Å². The van der Waals surface area contributed by atoms with Gasteiger partial charge in [0, 0.05) is 39.6 Å². The standard InChI is InChI=1S/C16H25N5O3/c1-11-17-15(18-24-11)10-19(2)7-12-13-8-21(9-14(12)13)16(22)20-3-5-23-6-4-20/h12-14H,3-10H2,1-2H3/t12?,13-,14+. The third-order valence-electron chi connectivity index (χ3n) is 5.43. The van der Waals surface area contributed by atoms with Crippen LogP contribution < -0.4 is 0 Å². The molecule has 1 unspecified atom stereocenters. The molecule has 1 aromatic rings. The molecule has 0 bridgehead atoms. The van der Waals surface area contributed by atoms with Gasteiger partial charge < -0.3 is 19.1 Å². The molecule has 2 amide bonds. The minimum absolute atomic E-state index is 0.194. The number of fused-ring (bicyclic) bond motifs is 1. The van der Waals surface area contributed by atoms with Crippen LogP contribution in [0.15, 0.2) is 4.52 Å². The number of ether oxygens (including phenoxy) is 1. The van der Waals surface area contributed by atoms with E-state index in [-0.39, 0.29) is 6.03 Å². The van der Waals surface area contributed by atoms with Crippen molar-refractivity contribution < 1.29 is 14.1 Å². The molecule has 4 rings (SSSR count). The van der Waals surface area contributed by atoms with Crippen LogP contribution in [0.1, 0.15) is 11.7 Å². The molecule has 1 aliphatic carbocycles. The van der Waals surface area contributed by atoms with Crippen LogP contribution in [0.2, 0.25) is 0 Å². The highest BCUT2D eigenvalue weighted by Crippen LogP contribution is 2.52. The number of carbonyl (C=O) groups excluding carboxylic acids is 1. The average molecular weight is 335 g/mol. The maximum atomic E-state index is 12.5. The lowest BCUT2D eigenvalue weighted by molar-refractivity contribution is 0.0438. The Morgan fingerprint density at radius 3 is 2.58 bits per heavy atom. The number of piperidine rings is 1. The molecule has 132 valence electrons. The lowest BCUT2D eigenvalue weighted by Crippen LogP contribution is -2.48. The van der Waals surface area contributed by atoms with Crippen molar-refractivity contribution in [2.45, 2.75) is 13.5 Å². The summed E-state index contributed by atoms with van der Waals surface area (Å²) in [6, 6.07) is 0.194. The first kappa shape index (κ1) is 15.8. The second-order valence-electron chi connectivity index (χ2n) is 7.20. The number of aromatic nitrogens is 2. The van der Waals surface area contributed by atoms with Crippen molar-refractivity contribution in [3.05, 3.63) is 11.7 Å². The van der Waals surface area contributed by atoms with E-state index in [9.17, 15) is 4.79 Å². The molecule has 1 saturated carbocycles. The molecule has 8 heteroatoms. The Bertz CT molecular complexity index is 588. The normalized spacial score (nSPS) is 29.2. The fourth-order valence-electron chi connectivity index (χ4n) is 4.10. The summed E-state index contributed by atoms with van der Waals surface area (Å²) < 4.78 is 10.3. The Labute approximate surface area is 141 Å². The van der Waals surface area contributed by atoms with Crippen molar-refractivity contribution in [2.75, 3.05) is 53.0 Å². The van der Waals surface area contributed by atoms with Crippen LogP contribution in [0.3, 0.4) is 0 Å². The van der Waals surface area contributed by atoms with Crippen molar-refractivity contribution in [3.8, 4) is 0 Å². The van der Waals surface area contributed by atoms with E-state index in [1.807, 2.05) is 16.7 Å². The average Bonchev–Trinajstić information content (AvgIpc) is 2.95. The summed E-state index contributed by atoms with van der Waals surface area (Å²) in [5.74, 6) is 3.36. The van der Waals surface area contributed by atoms with Crippen LogP contribution in [-0.4, -0.2) is 83.9 Å². The van der Waals surface area contributed by atoms with Gasteiger partial charge in [-0.1, -0.05) is 5.16 Å². The van der Waals surface area contributed by atoms with Gasteiger partial charge in [0.25, 0.3) is 0 Å². The molecule has 3 aliphatic rings. The summed E-state index contributed by atoms with van der Waals surface area (Å²) >= 11 is 0. The highest BCUT2D eigenvalue weighted by atomic mass is 16.5. The minimum Gasteiger partial charge on any atom is -0.378 e. The highest BCUT2D eigenvalue weighted by molar-refractivity contribution is 5.75. The fraction of sp³-hybridized carbons (Fsp3) is 0.812. The molecule has 24 heavy (non-hydrogen) atoms. The Hall–Kier alpha value is -1.67. The molecule has 2 aliphatic heterocycles. The highest BCUT2D eigenvalue weighted by Gasteiger charge is 2.56. The molecule has 0 N–H and O–H groups in total. The van der Waals surface area contributed by atoms with Crippen molar-refractivity contribution in [3.63, 3.8) is 0 Å². The number of likely N-dealkylation sites (tertiary alicyclic amines) is 1. The second kappa shape index (κ2) is 6.33. The summed E-state index contributed by atoms with van der Waals surface area (Å²) in [4.78, 5) is 23.0. The van der Waals surface area contributed by atoms with Gasteiger partial charge in [-0.15, -0.1) is 0 Å². The fourth-order valence-corrected chi connectivity index (χ4v) is 4.10. The Morgan fingerprint density at radius 1 is 1.25 bits per heavy atom. The number of amides is 2. The number of rotatable bonds is 4. The maximum Gasteiger partial charge on any atom is 0.320 e. The first-order chi connectivity index (χ1) is 11.6. The van der Waals surface area contributed by atoms with Crippen molar-refractivity contribution in [2.24, 2.45) is 17.8 Å². The summed E-state index contributed by atoms with van der Waals surface area (Å²) in [7, 11) is 2.09. The zero-order chi connectivity index (χ0) is 16.7. The largest absolute Gasteiger partial charge is 0.378 e. The molecule has 8 nitrogen and oxygen atoms in total. The monoisotopic (exact) mass is 335 g/mol. The van der Waals surface area contributed by atoms with E-state index in [1.54, 1.807) is 0 Å². The summed E-state index contributed by atoms with van der Waals surface area (Å²) in [5, 5.41) is 3.95. The number of aryl methyl sites for hydroxylation is 1. The Morgan fingerprint density at radius 2 is 1.96 bits per heavy atom. The van der Waals surface area contributed by atoms with Crippen LogP contribution >= 0.6 is 0 Å². The van der Waals surface area contributed by atoms with Crippen molar-refractivity contribution in [1.29, 1.82) is 0 Å². The van der Waals surface area contributed by atoms with Gasteiger partial charge in [-0.05, 0) is 24.8 Å². The number of carbonyl (C=O) groups is 1. The van der Waals surface area contributed by atoms with E-state index in [0.717, 1.165) is 38.5 Å². The first-order valence-corrected chi connectivity index (χ1v) is 8.71. The Kier molecular flexibility index (Phi) is 4.17. The molecule has 0 aromatic carbocycles.